The van der Waals surface area contributed by atoms with E-state index in [1.807, 2.05) is 11.5 Å². The summed E-state index contributed by atoms with van der Waals surface area (Å²) in [5, 5.41) is 0.635. The molecular formula is C27H26F5N3O3. The van der Waals surface area contributed by atoms with Gasteiger partial charge in [0.2, 0.25) is 0 Å². The van der Waals surface area contributed by atoms with Gasteiger partial charge in [0, 0.05) is 55.2 Å². The molecular weight excluding hydrogens is 509 g/mol. The first kappa shape index (κ1) is 26.1. The molecule has 0 radical (unpaired) electrons. The number of benzene rings is 2. The van der Waals surface area contributed by atoms with Crippen LogP contribution in [0.1, 0.15) is 40.5 Å². The zero-order chi connectivity index (χ0) is 27.4. The number of ether oxygens (including phenoxy) is 2. The van der Waals surface area contributed by atoms with Crippen LogP contribution in [0.2, 0.25) is 0 Å². The van der Waals surface area contributed by atoms with E-state index < -0.39 is 30.1 Å². The fourth-order valence-electron chi connectivity index (χ4n) is 5.45. The molecule has 0 amide bonds. The summed E-state index contributed by atoms with van der Waals surface area (Å²) >= 11 is 0. The van der Waals surface area contributed by atoms with Gasteiger partial charge in [-0.1, -0.05) is 0 Å². The van der Waals surface area contributed by atoms with Crippen molar-refractivity contribution >= 4 is 27.9 Å². The maximum Gasteiger partial charge on any atom is 0.418 e. The number of nitrogens with zero attached hydrogens (tertiary/aromatic N) is 3. The number of carbonyl (C=O) groups excluding carboxylic acids is 1. The molecule has 4 aromatic rings. The lowest BCUT2D eigenvalue weighted by atomic mass is 9.92. The van der Waals surface area contributed by atoms with E-state index in [9.17, 15) is 26.7 Å². The second-order valence-corrected chi connectivity index (χ2v) is 9.39. The maximum absolute atomic E-state index is 14.4. The first-order chi connectivity index (χ1) is 18.0. The standard InChI is InChI=1S/C27H26F5N3O3/c1-4-34-21-6-5-15(11-17(21)18-14-26(28,29)8-7-22(18)34)24-33-20-13-16(25(36)38-3)12-19(27(30,31)32)23(20)35(24)9-10-37-2/h5-6,11-13H,4,7-10,14H2,1-3H3. The van der Waals surface area contributed by atoms with E-state index in [-0.39, 0.29) is 48.4 Å². The molecule has 0 unspecified atom stereocenters. The Morgan fingerprint density at radius 2 is 1.89 bits per heavy atom. The van der Waals surface area contributed by atoms with Crippen LogP contribution in [0.25, 0.3) is 33.3 Å². The average molecular weight is 536 g/mol. The summed E-state index contributed by atoms with van der Waals surface area (Å²) in [4.78, 5) is 16.6. The molecule has 0 spiro atoms. The molecule has 11 heteroatoms. The van der Waals surface area contributed by atoms with Crippen LogP contribution in [0.4, 0.5) is 22.0 Å². The van der Waals surface area contributed by atoms with Crippen molar-refractivity contribution < 1.29 is 36.2 Å². The largest absolute Gasteiger partial charge is 0.465 e. The molecule has 0 saturated heterocycles. The fourth-order valence-corrected chi connectivity index (χ4v) is 5.45. The maximum atomic E-state index is 14.4. The molecule has 202 valence electrons. The van der Waals surface area contributed by atoms with Crippen LogP contribution >= 0.6 is 0 Å². The molecule has 0 N–H and O–H groups in total. The Morgan fingerprint density at radius 3 is 2.55 bits per heavy atom. The molecule has 0 fully saturated rings. The van der Waals surface area contributed by atoms with E-state index in [0.29, 0.717) is 23.1 Å². The molecule has 0 bridgehead atoms. The highest BCUT2D eigenvalue weighted by Gasteiger charge is 2.38. The third kappa shape index (κ3) is 4.32. The number of rotatable bonds is 6. The number of hydrogen-bond acceptors (Lipinski definition) is 4. The Morgan fingerprint density at radius 1 is 1.13 bits per heavy atom. The van der Waals surface area contributed by atoms with Gasteiger partial charge in [-0.05, 0) is 49.2 Å². The van der Waals surface area contributed by atoms with Crippen LogP contribution in [0, 0.1) is 0 Å². The SMILES string of the molecule is CCn1c2c(c3cc(-c4nc5cc(C(=O)OC)cc(C(F)(F)F)c5n4CCOC)ccc31)CC(F)(F)CC2. The minimum absolute atomic E-state index is 0.0360. The Kier molecular flexibility index (Phi) is 6.45. The van der Waals surface area contributed by atoms with Crippen molar-refractivity contribution in [3.05, 3.63) is 52.7 Å². The first-order valence-corrected chi connectivity index (χ1v) is 12.2. The number of alkyl halides is 5. The average Bonchev–Trinajstić information content (AvgIpc) is 3.39. The number of aromatic nitrogens is 3. The molecule has 38 heavy (non-hydrogen) atoms. The van der Waals surface area contributed by atoms with Gasteiger partial charge in [-0.2, -0.15) is 13.2 Å². The second-order valence-electron chi connectivity index (χ2n) is 9.39. The summed E-state index contributed by atoms with van der Waals surface area (Å²) < 4.78 is 84.6. The van der Waals surface area contributed by atoms with Crippen LogP contribution < -0.4 is 0 Å². The molecule has 0 aliphatic heterocycles. The van der Waals surface area contributed by atoms with Gasteiger partial charge in [-0.25, -0.2) is 18.6 Å². The minimum atomic E-state index is -4.78. The van der Waals surface area contributed by atoms with Gasteiger partial charge >= 0.3 is 12.1 Å². The highest BCUT2D eigenvalue weighted by molar-refractivity contribution is 5.97. The lowest BCUT2D eigenvalue weighted by Crippen LogP contribution is -2.26. The van der Waals surface area contributed by atoms with Crippen molar-refractivity contribution in [1.82, 2.24) is 14.1 Å². The number of methoxy groups -OCH3 is 2. The highest BCUT2D eigenvalue weighted by atomic mass is 19.4. The summed E-state index contributed by atoms with van der Waals surface area (Å²) in [6.07, 6.45) is -5.15. The first-order valence-electron chi connectivity index (χ1n) is 12.2. The van der Waals surface area contributed by atoms with Crippen molar-refractivity contribution in [2.45, 2.75) is 51.4 Å². The topological polar surface area (TPSA) is 58.3 Å². The molecule has 2 aromatic carbocycles. The van der Waals surface area contributed by atoms with Crippen molar-refractivity contribution in [3.8, 4) is 11.4 Å². The van der Waals surface area contributed by atoms with Crippen LogP contribution in [0.5, 0.6) is 0 Å². The zero-order valence-electron chi connectivity index (χ0n) is 21.1. The van der Waals surface area contributed by atoms with Gasteiger partial charge in [0.25, 0.3) is 5.92 Å². The number of esters is 1. The van der Waals surface area contributed by atoms with Gasteiger partial charge in [-0.15, -0.1) is 0 Å². The molecule has 2 aromatic heterocycles. The fraction of sp³-hybridized carbons (Fsp3) is 0.407. The van der Waals surface area contributed by atoms with Crippen LogP contribution in [0.15, 0.2) is 30.3 Å². The van der Waals surface area contributed by atoms with E-state index in [1.165, 1.54) is 17.7 Å². The van der Waals surface area contributed by atoms with Crippen molar-refractivity contribution in [3.63, 3.8) is 0 Å². The second kappa shape index (κ2) is 9.37. The lowest BCUT2D eigenvalue weighted by molar-refractivity contribution is -0.136. The van der Waals surface area contributed by atoms with Gasteiger partial charge < -0.3 is 18.6 Å². The third-order valence-electron chi connectivity index (χ3n) is 7.11. The van der Waals surface area contributed by atoms with Crippen LogP contribution in [0.3, 0.4) is 0 Å². The number of carbonyl (C=O) groups is 1. The molecule has 1 aliphatic rings. The van der Waals surface area contributed by atoms with Gasteiger partial charge in [0.1, 0.15) is 5.82 Å². The molecule has 0 atom stereocenters. The van der Waals surface area contributed by atoms with Gasteiger partial charge in [0.05, 0.1) is 35.9 Å². The van der Waals surface area contributed by atoms with Crippen molar-refractivity contribution in [2.24, 2.45) is 0 Å². The summed E-state index contributed by atoms with van der Waals surface area (Å²) in [5.74, 6) is -3.53. The van der Waals surface area contributed by atoms with E-state index in [1.54, 1.807) is 18.2 Å². The smallest absolute Gasteiger partial charge is 0.418 e. The number of fused-ring (bicyclic) bond motifs is 4. The Labute approximate surface area is 214 Å². The molecule has 6 nitrogen and oxygen atoms in total. The zero-order valence-corrected chi connectivity index (χ0v) is 21.1. The molecule has 0 saturated carbocycles. The van der Waals surface area contributed by atoms with Crippen molar-refractivity contribution in [2.75, 3.05) is 20.8 Å². The quantitative estimate of drug-likeness (QED) is 0.216. The summed E-state index contributed by atoms with van der Waals surface area (Å²) in [6.45, 7) is 2.70. The van der Waals surface area contributed by atoms with E-state index in [2.05, 4.69) is 9.72 Å². The molecule has 1 aliphatic carbocycles. The predicted octanol–water partition coefficient (Wildman–Crippen LogP) is 6.25. The molecule has 2 heterocycles. The Hall–Kier alpha value is -3.47. The number of aryl methyl sites for hydroxylation is 1. The summed E-state index contributed by atoms with van der Waals surface area (Å²) in [7, 11) is 2.52. The van der Waals surface area contributed by atoms with Crippen LogP contribution in [-0.2, 0) is 41.6 Å². The predicted molar refractivity (Wildman–Crippen MR) is 132 cm³/mol. The number of halogens is 5. The van der Waals surface area contributed by atoms with E-state index in [4.69, 9.17) is 4.74 Å². The minimum Gasteiger partial charge on any atom is -0.465 e. The summed E-state index contributed by atoms with van der Waals surface area (Å²) in [5.41, 5.74) is 1.15. The number of imidazole rings is 1. The highest BCUT2D eigenvalue weighted by Crippen LogP contribution is 2.41. The Balaban J connectivity index is 1.78. The van der Waals surface area contributed by atoms with Crippen LogP contribution in [-0.4, -0.2) is 46.8 Å². The number of hydrogen-bond donors (Lipinski definition) is 0. The monoisotopic (exact) mass is 535 g/mol. The van der Waals surface area contributed by atoms with Gasteiger partial charge in [-0.3, -0.25) is 0 Å². The van der Waals surface area contributed by atoms with E-state index >= 15 is 0 Å². The van der Waals surface area contributed by atoms with E-state index in [0.717, 1.165) is 24.4 Å². The third-order valence-corrected chi connectivity index (χ3v) is 7.11. The Bertz CT molecular complexity index is 1550. The van der Waals surface area contributed by atoms with Gasteiger partial charge in [0.15, 0.2) is 0 Å². The summed E-state index contributed by atoms with van der Waals surface area (Å²) in [6, 6.07) is 7.27. The normalized spacial score (nSPS) is 15.3. The van der Waals surface area contributed by atoms with Crippen molar-refractivity contribution in [1.29, 1.82) is 0 Å². The lowest BCUT2D eigenvalue weighted by Gasteiger charge is -2.23. The molecule has 5 rings (SSSR count).